The van der Waals surface area contributed by atoms with E-state index in [2.05, 4.69) is 20.3 Å². The van der Waals surface area contributed by atoms with Crippen LogP contribution in [0.15, 0.2) is 47.2 Å². The number of imidazole rings is 1. The van der Waals surface area contributed by atoms with Crippen molar-refractivity contribution in [2.75, 3.05) is 11.9 Å². The molecule has 4 aromatic rings. The molecule has 26 heavy (non-hydrogen) atoms. The van der Waals surface area contributed by atoms with Crippen molar-refractivity contribution in [2.24, 2.45) is 5.73 Å². The number of carbonyl (C=O) groups is 1. The molecule has 4 N–H and O–H groups in total. The van der Waals surface area contributed by atoms with Crippen LogP contribution in [0.4, 0.5) is 5.13 Å². The smallest absolute Gasteiger partial charge is 0.257 e. The van der Waals surface area contributed by atoms with Crippen LogP contribution >= 0.6 is 11.3 Å². The Bertz CT molecular complexity index is 1040. The van der Waals surface area contributed by atoms with Gasteiger partial charge in [-0.2, -0.15) is 0 Å². The fourth-order valence-electron chi connectivity index (χ4n) is 2.63. The summed E-state index contributed by atoms with van der Waals surface area (Å²) in [6.07, 6.45) is 4.95. The number of H-pyrrole nitrogens is 1. The summed E-state index contributed by atoms with van der Waals surface area (Å²) in [6, 6.07) is 9.06. The third kappa shape index (κ3) is 3.37. The van der Waals surface area contributed by atoms with Gasteiger partial charge in [0.05, 0.1) is 28.4 Å². The number of rotatable bonds is 6. The highest BCUT2D eigenvalue weighted by molar-refractivity contribution is 7.19. The minimum atomic E-state index is -0.217. The number of benzene rings is 1. The molecule has 1 aromatic carbocycles. The molecule has 8 heteroatoms. The number of nitrogens with two attached hydrogens (primary N) is 1. The maximum absolute atomic E-state index is 12.5. The summed E-state index contributed by atoms with van der Waals surface area (Å²) in [5.41, 5.74) is 7.75. The van der Waals surface area contributed by atoms with Crippen molar-refractivity contribution in [1.82, 2.24) is 15.0 Å². The van der Waals surface area contributed by atoms with Gasteiger partial charge in [-0.1, -0.05) is 11.3 Å². The molecule has 0 unspecified atom stereocenters. The van der Waals surface area contributed by atoms with Crippen molar-refractivity contribution in [3.8, 4) is 10.6 Å². The van der Waals surface area contributed by atoms with Crippen LogP contribution in [0.3, 0.4) is 0 Å². The highest BCUT2D eigenvalue weighted by Crippen LogP contribution is 2.29. The van der Waals surface area contributed by atoms with Gasteiger partial charge in [0.1, 0.15) is 11.6 Å². The number of hydrogen-bond donors (Lipinski definition) is 3. The van der Waals surface area contributed by atoms with E-state index in [1.165, 1.54) is 11.3 Å². The molecule has 0 saturated carbocycles. The monoisotopic (exact) mass is 367 g/mol. The number of furan rings is 1. The lowest BCUT2D eigenvalue weighted by molar-refractivity contribution is 0.102. The first kappa shape index (κ1) is 16.5. The highest BCUT2D eigenvalue weighted by Gasteiger charge is 2.13. The van der Waals surface area contributed by atoms with Gasteiger partial charge in [-0.25, -0.2) is 9.97 Å². The van der Waals surface area contributed by atoms with Crippen LogP contribution < -0.4 is 11.1 Å². The van der Waals surface area contributed by atoms with E-state index in [0.29, 0.717) is 17.2 Å². The molecule has 4 rings (SSSR count). The molecular formula is C18H17N5O2S. The highest BCUT2D eigenvalue weighted by atomic mass is 32.1. The number of anilines is 1. The van der Waals surface area contributed by atoms with Crippen LogP contribution in [0.5, 0.6) is 0 Å². The topological polar surface area (TPSA) is 110 Å². The predicted molar refractivity (Wildman–Crippen MR) is 101 cm³/mol. The Morgan fingerprint density at radius 2 is 2.27 bits per heavy atom. The summed E-state index contributed by atoms with van der Waals surface area (Å²) >= 11 is 1.36. The molecule has 0 aliphatic carbocycles. The lowest BCUT2D eigenvalue weighted by Gasteiger charge is -2.01. The number of nitrogens with zero attached hydrogens (tertiary/aromatic N) is 2. The van der Waals surface area contributed by atoms with Gasteiger partial charge >= 0.3 is 0 Å². The second-order valence-corrected chi connectivity index (χ2v) is 6.80. The van der Waals surface area contributed by atoms with E-state index in [-0.39, 0.29) is 5.91 Å². The zero-order chi connectivity index (χ0) is 17.9. The molecule has 0 aliphatic heterocycles. The number of aryl methyl sites for hydroxylation is 1. The van der Waals surface area contributed by atoms with Gasteiger partial charge in [0.25, 0.3) is 5.91 Å². The van der Waals surface area contributed by atoms with Gasteiger partial charge in [-0.15, -0.1) is 0 Å². The normalized spacial score (nSPS) is 11.1. The van der Waals surface area contributed by atoms with Crippen LogP contribution in [-0.2, 0) is 6.42 Å². The number of aromatic nitrogens is 3. The number of aromatic amines is 1. The van der Waals surface area contributed by atoms with Crippen LogP contribution in [0, 0.1) is 0 Å². The van der Waals surface area contributed by atoms with E-state index in [0.717, 1.165) is 40.3 Å². The summed E-state index contributed by atoms with van der Waals surface area (Å²) in [6.45, 7) is 0.624. The molecule has 0 spiro atoms. The Hall–Kier alpha value is -2.97. The van der Waals surface area contributed by atoms with Crippen molar-refractivity contribution in [1.29, 1.82) is 0 Å². The Kier molecular flexibility index (Phi) is 4.51. The van der Waals surface area contributed by atoms with Crippen LogP contribution in [0.1, 0.15) is 22.6 Å². The minimum absolute atomic E-state index is 0.217. The lowest BCUT2D eigenvalue weighted by atomic mass is 10.2. The number of thiazole rings is 1. The van der Waals surface area contributed by atoms with E-state index in [9.17, 15) is 4.79 Å². The quantitative estimate of drug-likeness (QED) is 0.484. The Morgan fingerprint density at radius 3 is 3.08 bits per heavy atom. The van der Waals surface area contributed by atoms with Crippen molar-refractivity contribution >= 4 is 33.4 Å². The molecule has 3 heterocycles. The largest absolute Gasteiger partial charge is 0.463 e. The summed E-state index contributed by atoms with van der Waals surface area (Å²) < 4.78 is 5.34. The average molecular weight is 367 g/mol. The Balaban J connectivity index is 1.50. The van der Waals surface area contributed by atoms with E-state index >= 15 is 0 Å². The van der Waals surface area contributed by atoms with Gasteiger partial charge in [0, 0.05) is 12.0 Å². The maximum atomic E-state index is 12.5. The summed E-state index contributed by atoms with van der Waals surface area (Å²) in [5.74, 6) is 1.39. The average Bonchev–Trinajstić information content (AvgIpc) is 3.38. The first-order valence-electron chi connectivity index (χ1n) is 8.23. The maximum Gasteiger partial charge on any atom is 0.257 e. The Morgan fingerprint density at radius 1 is 1.35 bits per heavy atom. The van der Waals surface area contributed by atoms with Gasteiger partial charge < -0.3 is 15.1 Å². The van der Waals surface area contributed by atoms with Gasteiger partial charge in [-0.05, 0) is 43.3 Å². The van der Waals surface area contributed by atoms with Crippen molar-refractivity contribution in [2.45, 2.75) is 12.8 Å². The SMILES string of the molecule is NCCCc1nc2ccc(C(=O)Nc3ncc(-c4ccco4)s3)cc2[nH]1. The fourth-order valence-corrected chi connectivity index (χ4v) is 3.41. The fraction of sp³-hybridized carbons (Fsp3) is 0.167. The van der Waals surface area contributed by atoms with Gasteiger partial charge in [0.15, 0.2) is 5.13 Å². The first-order valence-corrected chi connectivity index (χ1v) is 9.04. The second kappa shape index (κ2) is 7.11. The molecule has 132 valence electrons. The number of fused-ring (bicyclic) bond motifs is 1. The molecule has 0 aliphatic rings. The van der Waals surface area contributed by atoms with Gasteiger partial charge in [0.2, 0.25) is 0 Å². The molecule has 1 amide bonds. The predicted octanol–water partition coefficient (Wildman–Crippen LogP) is 3.42. The van der Waals surface area contributed by atoms with E-state index in [1.54, 1.807) is 24.6 Å². The number of hydrogen-bond acceptors (Lipinski definition) is 6. The Labute approximate surface area is 153 Å². The molecule has 0 atom stereocenters. The van der Waals surface area contributed by atoms with Crippen LogP contribution in [0.25, 0.3) is 21.7 Å². The zero-order valence-electron chi connectivity index (χ0n) is 13.9. The molecular weight excluding hydrogens is 350 g/mol. The number of nitrogens with one attached hydrogen (secondary N) is 2. The summed E-state index contributed by atoms with van der Waals surface area (Å²) in [7, 11) is 0. The third-order valence-corrected chi connectivity index (χ3v) is 4.83. The zero-order valence-corrected chi connectivity index (χ0v) is 14.7. The minimum Gasteiger partial charge on any atom is -0.463 e. The standard InChI is InChI=1S/C18H17N5O2S/c19-7-1-4-16-21-12-6-5-11(9-13(12)22-16)17(24)23-18-20-10-15(26-18)14-3-2-8-25-14/h2-3,5-6,8-10H,1,4,7,19H2,(H,21,22)(H,20,23,24). The third-order valence-electron chi connectivity index (χ3n) is 3.90. The molecule has 0 bridgehead atoms. The van der Waals surface area contributed by atoms with E-state index in [1.807, 2.05) is 18.2 Å². The van der Waals surface area contributed by atoms with Crippen molar-refractivity contribution in [3.63, 3.8) is 0 Å². The lowest BCUT2D eigenvalue weighted by Crippen LogP contribution is -2.11. The molecule has 0 saturated heterocycles. The van der Waals surface area contributed by atoms with Crippen LogP contribution in [0.2, 0.25) is 0 Å². The number of amides is 1. The molecule has 0 radical (unpaired) electrons. The van der Waals surface area contributed by atoms with Gasteiger partial charge in [-0.3, -0.25) is 10.1 Å². The molecule has 7 nitrogen and oxygen atoms in total. The summed E-state index contributed by atoms with van der Waals surface area (Å²) in [5, 5.41) is 3.35. The molecule has 0 fully saturated rings. The number of carbonyl (C=O) groups excluding carboxylic acids is 1. The van der Waals surface area contributed by atoms with E-state index in [4.69, 9.17) is 10.2 Å². The second-order valence-electron chi connectivity index (χ2n) is 5.77. The van der Waals surface area contributed by atoms with Crippen LogP contribution in [-0.4, -0.2) is 27.4 Å². The van der Waals surface area contributed by atoms with E-state index < -0.39 is 0 Å². The van der Waals surface area contributed by atoms with Crippen molar-refractivity contribution < 1.29 is 9.21 Å². The first-order chi connectivity index (χ1) is 12.7. The molecule has 3 aromatic heterocycles. The summed E-state index contributed by atoms with van der Waals surface area (Å²) in [4.78, 5) is 25.3. The van der Waals surface area contributed by atoms with Crippen molar-refractivity contribution in [3.05, 3.63) is 54.2 Å².